The van der Waals surface area contributed by atoms with Gasteiger partial charge in [-0.2, -0.15) is 13.5 Å². The summed E-state index contributed by atoms with van der Waals surface area (Å²) in [6.07, 6.45) is 0. The third kappa shape index (κ3) is 6.16. The highest BCUT2D eigenvalue weighted by Gasteiger charge is 2.52. The van der Waals surface area contributed by atoms with Crippen LogP contribution in [0.25, 0.3) is 0 Å². The standard InChI is InChI=1S/C30H12N3O3P3S15/c1-2-41-25(40-1)28-46-19-7-13-16(10-22(19)49-28)52-37(34-13)31-38(35-14-8-20-23(11-17(14)53-38)50-29(47-20)26-42-3-4-43-26)33-39(32-37)36-15-9-21-24(12-18(15)54-39)51-30(48-21)27-44-5-6-45-27/h1-12H. The second-order valence-corrected chi connectivity index (χ2v) is 38.2. The van der Waals surface area contributed by atoms with Gasteiger partial charge in [-0.3, -0.25) is 0 Å². The van der Waals surface area contributed by atoms with Gasteiger partial charge in [-0.05, 0) is 103 Å². The van der Waals surface area contributed by atoms with Crippen LogP contribution < -0.4 is 13.6 Å². The normalized spacial score (nSPS) is 29.8. The van der Waals surface area contributed by atoms with Gasteiger partial charge in [0.15, 0.2) is 0 Å². The van der Waals surface area contributed by atoms with E-state index in [1.165, 1.54) is 54.8 Å². The molecule has 3 aromatic rings. The van der Waals surface area contributed by atoms with Gasteiger partial charge in [0.05, 0.1) is 40.1 Å². The monoisotopic (exact) mass is 1030 g/mol. The highest BCUT2D eigenvalue weighted by Crippen LogP contribution is 2.94. The fourth-order valence-corrected chi connectivity index (χ4v) is 43.3. The first-order valence-electron chi connectivity index (χ1n) is 15.3. The smallest absolute Gasteiger partial charge is 0.323 e. The van der Waals surface area contributed by atoms with Crippen molar-refractivity contribution in [2.45, 2.75) is 44.1 Å². The van der Waals surface area contributed by atoms with Gasteiger partial charge in [0, 0.05) is 29.4 Å². The first-order valence-corrected chi connectivity index (χ1v) is 34.6. The Bertz CT molecular complexity index is 2300. The lowest BCUT2D eigenvalue weighted by molar-refractivity contribution is 0.588. The van der Waals surface area contributed by atoms with E-state index < -0.39 is 19.9 Å². The molecule has 13 rings (SSSR count). The Labute approximate surface area is 373 Å². The van der Waals surface area contributed by atoms with Crippen molar-refractivity contribution in [2.24, 2.45) is 13.5 Å². The summed E-state index contributed by atoms with van der Waals surface area (Å²) < 4.78 is 45.7. The minimum Gasteiger partial charge on any atom is -0.433 e. The molecular weight excluding hydrogens is 1020 g/mol. The maximum Gasteiger partial charge on any atom is 0.323 e. The minimum atomic E-state index is -2.88. The number of rotatable bonds is 0. The minimum absolute atomic E-state index is 0.847. The highest BCUT2D eigenvalue weighted by molar-refractivity contribution is 8.67. The van der Waals surface area contributed by atoms with Crippen molar-refractivity contribution in [3.63, 3.8) is 0 Å². The van der Waals surface area contributed by atoms with Crippen LogP contribution in [0.5, 0.6) is 17.2 Å². The molecular formula is C30H12N3O3P3S15. The summed E-state index contributed by atoms with van der Waals surface area (Å²) in [7, 11) is 0. The first kappa shape index (κ1) is 36.1. The van der Waals surface area contributed by atoms with Gasteiger partial charge in [-0.15, -0.1) is 0 Å². The number of hydrogen-bond donors (Lipinski definition) is 0. The average molecular weight is 1040 g/mol. The molecule has 0 saturated carbocycles. The molecule has 0 atom stereocenters. The molecule has 6 nitrogen and oxygen atoms in total. The quantitative estimate of drug-likeness (QED) is 0.201. The second-order valence-electron chi connectivity index (χ2n) is 11.4. The molecule has 0 aromatic heterocycles. The average Bonchev–Trinajstić information content (AvgIpc) is 3.96. The van der Waals surface area contributed by atoms with Crippen molar-refractivity contribution in [3.8, 4) is 17.2 Å². The van der Waals surface area contributed by atoms with Crippen LogP contribution >= 0.6 is 195 Å². The molecule has 10 aliphatic rings. The van der Waals surface area contributed by atoms with Crippen LogP contribution in [0, 0.1) is 0 Å². The molecule has 0 unspecified atom stereocenters. The van der Waals surface area contributed by atoms with Gasteiger partial charge < -0.3 is 13.6 Å². The number of hydrogen-bond acceptors (Lipinski definition) is 21. The zero-order chi connectivity index (χ0) is 35.2. The number of fused-ring (bicyclic) bond motifs is 6. The lowest BCUT2D eigenvalue weighted by Gasteiger charge is -2.26. The third-order valence-corrected chi connectivity index (χ3v) is 41.0. The third-order valence-electron chi connectivity index (χ3n) is 7.95. The lowest BCUT2D eigenvalue weighted by Crippen LogP contribution is -1.91. The Morgan fingerprint density at radius 2 is 0.574 bits per heavy atom. The van der Waals surface area contributed by atoms with Crippen molar-refractivity contribution in [1.29, 1.82) is 0 Å². The molecule has 0 aliphatic carbocycles. The Morgan fingerprint density at radius 3 is 0.852 bits per heavy atom. The van der Waals surface area contributed by atoms with Gasteiger partial charge in [0.25, 0.3) is 0 Å². The van der Waals surface area contributed by atoms with Crippen molar-refractivity contribution < 1.29 is 13.6 Å². The molecule has 0 amide bonds. The van der Waals surface area contributed by atoms with E-state index in [0.717, 1.165) is 31.9 Å². The van der Waals surface area contributed by atoms with Gasteiger partial charge in [0.1, 0.15) is 17.2 Å². The molecule has 0 fully saturated rings. The molecule has 0 bridgehead atoms. The fraction of sp³-hybridized carbons (Fsp3) is 0. The summed E-state index contributed by atoms with van der Waals surface area (Å²) in [6, 6.07) is 13.4. The second kappa shape index (κ2) is 13.7. The van der Waals surface area contributed by atoms with E-state index >= 15 is 0 Å². The SMILES string of the molecule is C1=CSC(=C2Sc3cc4c(cc3S2)SP2(=NP3(=NP5(=N2)Oc2cc6c(cc2S5)SC(=C2SC=CS2)S6)Oc2cc5c(cc2S3)SC(=C2SC=CS2)S5)O4)S1. The molecule has 270 valence electrons. The molecule has 10 heterocycles. The Hall–Kier alpha value is 1.44. The van der Waals surface area contributed by atoms with Gasteiger partial charge >= 0.3 is 19.9 Å². The van der Waals surface area contributed by atoms with E-state index in [2.05, 4.69) is 68.8 Å². The van der Waals surface area contributed by atoms with Crippen LogP contribution in [0.3, 0.4) is 0 Å². The predicted octanol–water partition coefficient (Wildman–Crippen LogP) is 19.2. The Morgan fingerprint density at radius 1 is 0.315 bits per heavy atom. The molecule has 3 aromatic carbocycles. The van der Waals surface area contributed by atoms with Crippen molar-refractivity contribution in [2.75, 3.05) is 0 Å². The van der Waals surface area contributed by atoms with E-state index in [9.17, 15) is 0 Å². The number of benzene rings is 3. The number of thioether (sulfide) groups is 12. The van der Waals surface area contributed by atoms with E-state index in [-0.39, 0.29) is 0 Å². The van der Waals surface area contributed by atoms with Crippen LogP contribution in [-0.2, 0) is 0 Å². The Balaban J connectivity index is 0.887. The van der Waals surface area contributed by atoms with E-state index in [1.54, 1.807) is 105 Å². The summed E-state index contributed by atoms with van der Waals surface area (Å²) in [5, 5.41) is 12.9. The topological polar surface area (TPSA) is 64.8 Å². The maximum absolute atomic E-state index is 7.03. The lowest BCUT2D eigenvalue weighted by atomic mass is 10.3. The fourth-order valence-electron chi connectivity index (χ4n) is 5.82. The van der Waals surface area contributed by atoms with Crippen molar-refractivity contribution in [3.05, 3.63) is 94.3 Å². The molecule has 3 spiro atoms. The molecule has 10 aliphatic heterocycles. The first-order chi connectivity index (χ1) is 26.4. The van der Waals surface area contributed by atoms with Gasteiger partial charge in [-0.1, -0.05) is 141 Å². The molecule has 54 heavy (non-hydrogen) atoms. The molecule has 0 saturated heterocycles. The summed E-state index contributed by atoms with van der Waals surface area (Å²) >= 11 is 26.8. The summed E-state index contributed by atoms with van der Waals surface area (Å²) in [4.78, 5) is 10.7. The van der Waals surface area contributed by atoms with E-state index in [4.69, 9.17) is 27.1 Å². The van der Waals surface area contributed by atoms with Crippen LogP contribution in [0.15, 0.2) is 152 Å². The molecule has 0 N–H and O–H groups in total. The number of nitrogens with zero attached hydrogens (tertiary/aromatic N) is 3. The van der Waals surface area contributed by atoms with Crippen LogP contribution in [-0.4, -0.2) is 0 Å². The zero-order valence-electron chi connectivity index (χ0n) is 26.0. The van der Waals surface area contributed by atoms with E-state index in [0.29, 0.717) is 0 Å². The van der Waals surface area contributed by atoms with E-state index in [1.807, 2.05) is 70.6 Å². The summed E-state index contributed by atoms with van der Waals surface area (Å²) in [5.74, 6) is 2.54. The highest BCUT2D eigenvalue weighted by atomic mass is 32.8. The van der Waals surface area contributed by atoms with Gasteiger partial charge in [-0.25, -0.2) is 0 Å². The predicted molar refractivity (Wildman–Crippen MR) is 256 cm³/mol. The zero-order valence-corrected chi connectivity index (χ0v) is 40.9. The molecule has 24 heteroatoms. The van der Waals surface area contributed by atoms with Crippen molar-refractivity contribution in [1.82, 2.24) is 0 Å². The summed E-state index contributed by atoms with van der Waals surface area (Å²) in [6.45, 7) is -8.65. The molecule has 0 radical (unpaired) electrons. The Kier molecular flexibility index (Phi) is 9.18. The van der Waals surface area contributed by atoms with Crippen LogP contribution in [0.2, 0.25) is 0 Å². The maximum atomic E-state index is 7.03. The summed E-state index contributed by atoms with van der Waals surface area (Å²) in [5.41, 5.74) is 0. The van der Waals surface area contributed by atoms with Crippen LogP contribution in [0.4, 0.5) is 0 Å². The largest absolute Gasteiger partial charge is 0.433 e. The van der Waals surface area contributed by atoms with Crippen molar-refractivity contribution >= 4 is 195 Å². The van der Waals surface area contributed by atoms with Crippen LogP contribution in [0.1, 0.15) is 0 Å². The van der Waals surface area contributed by atoms with Gasteiger partial charge in [0.2, 0.25) is 0 Å².